The molecular formula is C10H20N4O2S. The van der Waals surface area contributed by atoms with Crippen molar-refractivity contribution in [2.75, 3.05) is 18.8 Å². The molecule has 1 aromatic rings. The Kier molecular flexibility index (Phi) is 6.31. The molecule has 1 unspecified atom stereocenters. The van der Waals surface area contributed by atoms with Crippen LogP contribution in [0.2, 0.25) is 0 Å². The molecule has 0 saturated heterocycles. The van der Waals surface area contributed by atoms with Crippen LogP contribution >= 0.6 is 11.8 Å². The largest absolute Gasteiger partial charge is 0.391 e. The topological polar surface area (TPSA) is 82.9 Å². The molecule has 6 nitrogen and oxygen atoms in total. The zero-order valence-corrected chi connectivity index (χ0v) is 11.1. The number of nitrogens with zero attached hydrogens (tertiary/aromatic N) is 2. The third kappa shape index (κ3) is 4.53. The van der Waals surface area contributed by atoms with Crippen molar-refractivity contribution in [2.45, 2.75) is 38.1 Å². The second kappa shape index (κ2) is 7.52. The van der Waals surface area contributed by atoms with Crippen LogP contribution < -0.4 is 11.0 Å². The number of likely N-dealkylation sites (N-methyl/N-ethyl adjacent to an activating group) is 1. The van der Waals surface area contributed by atoms with Gasteiger partial charge in [0, 0.05) is 18.8 Å². The number of hydrogen-bond donors (Lipinski definition) is 3. The fraction of sp³-hybridized carbons (Fsp3) is 0.800. The van der Waals surface area contributed by atoms with E-state index in [0.717, 1.165) is 13.0 Å². The molecule has 0 aliphatic heterocycles. The Morgan fingerprint density at radius 1 is 1.59 bits per heavy atom. The standard InChI is InChI=1S/C10H20N4O2S/c1-3-5-14-9(16)12-13-10(14)17-7-8(15)6-11-4-2/h8,11,15H,3-7H2,1-2H3,(H,12,16). The van der Waals surface area contributed by atoms with Crippen molar-refractivity contribution >= 4 is 11.8 Å². The Balaban J connectivity index is 2.48. The lowest BCUT2D eigenvalue weighted by Crippen LogP contribution is -2.28. The van der Waals surface area contributed by atoms with E-state index in [0.29, 0.717) is 24.0 Å². The van der Waals surface area contributed by atoms with Gasteiger partial charge < -0.3 is 10.4 Å². The maximum atomic E-state index is 11.4. The van der Waals surface area contributed by atoms with Crippen LogP contribution in [0.5, 0.6) is 0 Å². The van der Waals surface area contributed by atoms with Crippen molar-refractivity contribution in [1.82, 2.24) is 20.1 Å². The third-order valence-electron chi connectivity index (χ3n) is 2.21. The summed E-state index contributed by atoms with van der Waals surface area (Å²) >= 11 is 1.40. The van der Waals surface area contributed by atoms with Gasteiger partial charge in [-0.15, -0.1) is 5.10 Å². The number of nitrogens with one attached hydrogen (secondary N) is 2. The molecular weight excluding hydrogens is 240 g/mol. The summed E-state index contributed by atoms with van der Waals surface area (Å²) in [4.78, 5) is 11.4. The van der Waals surface area contributed by atoms with Gasteiger partial charge >= 0.3 is 5.69 Å². The zero-order valence-electron chi connectivity index (χ0n) is 10.3. The minimum atomic E-state index is -0.429. The van der Waals surface area contributed by atoms with E-state index in [9.17, 15) is 9.90 Å². The Morgan fingerprint density at radius 2 is 2.35 bits per heavy atom. The van der Waals surface area contributed by atoms with Crippen molar-refractivity contribution in [3.63, 3.8) is 0 Å². The van der Waals surface area contributed by atoms with Crippen LogP contribution in [-0.2, 0) is 6.54 Å². The second-order valence-electron chi connectivity index (χ2n) is 3.74. The first-order valence-electron chi connectivity index (χ1n) is 5.85. The second-order valence-corrected chi connectivity index (χ2v) is 4.72. The van der Waals surface area contributed by atoms with Crippen LogP contribution in [0, 0.1) is 0 Å². The van der Waals surface area contributed by atoms with Crippen LogP contribution in [0.25, 0.3) is 0 Å². The number of aromatic amines is 1. The first-order valence-corrected chi connectivity index (χ1v) is 6.84. The monoisotopic (exact) mass is 260 g/mol. The Hall–Kier alpha value is -0.790. The van der Waals surface area contributed by atoms with E-state index < -0.39 is 6.10 Å². The molecule has 0 amide bonds. The minimum absolute atomic E-state index is 0.185. The number of rotatable bonds is 8. The highest BCUT2D eigenvalue weighted by molar-refractivity contribution is 7.99. The number of hydrogen-bond acceptors (Lipinski definition) is 5. The molecule has 1 heterocycles. The van der Waals surface area contributed by atoms with Gasteiger partial charge in [0.15, 0.2) is 5.16 Å². The average Bonchev–Trinajstić information content (AvgIpc) is 2.66. The molecule has 0 aliphatic rings. The fourth-order valence-electron chi connectivity index (χ4n) is 1.37. The van der Waals surface area contributed by atoms with Crippen molar-refractivity contribution in [3.05, 3.63) is 10.5 Å². The van der Waals surface area contributed by atoms with Crippen molar-refractivity contribution in [2.24, 2.45) is 0 Å². The highest BCUT2D eigenvalue weighted by atomic mass is 32.2. The van der Waals surface area contributed by atoms with Crippen molar-refractivity contribution in [3.8, 4) is 0 Å². The molecule has 0 aliphatic carbocycles. The van der Waals surface area contributed by atoms with Gasteiger partial charge in [0.2, 0.25) is 0 Å². The zero-order chi connectivity index (χ0) is 12.7. The van der Waals surface area contributed by atoms with Gasteiger partial charge in [-0.3, -0.25) is 4.57 Å². The molecule has 17 heavy (non-hydrogen) atoms. The number of H-pyrrole nitrogens is 1. The predicted molar refractivity (Wildman–Crippen MR) is 68.4 cm³/mol. The molecule has 0 aromatic carbocycles. The Bertz CT molecular complexity index is 377. The number of aliphatic hydroxyl groups excluding tert-OH is 1. The molecule has 1 atom stereocenters. The van der Waals surface area contributed by atoms with E-state index in [-0.39, 0.29) is 5.69 Å². The summed E-state index contributed by atoms with van der Waals surface area (Å²) < 4.78 is 1.60. The molecule has 1 aromatic heterocycles. The predicted octanol–water partition coefficient (Wildman–Crippen LogP) is 0.0439. The third-order valence-corrected chi connectivity index (χ3v) is 3.33. The quantitative estimate of drug-likeness (QED) is 0.575. The lowest BCUT2D eigenvalue weighted by Gasteiger charge is -2.10. The summed E-state index contributed by atoms with van der Waals surface area (Å²) in [5.74, 6) is 0.529. The molecule has 7 heteroatoms. The molecule has 0 radical (unpaired) electrons. The highest BCUT2D eigenvalue weighted by Gasteiger charge is 2.10. The summed E-state index contributed by atoms with van der Waals surface area (Å²) in [6.07, 6.45) is 0.453. The Labute approximate surface area is 105 Å². The molecule has 0 bridgehead atoms. The van der Waals surface area contributed by atoms with Crippen LogP contribution in [0.4, 0.5) is 0 Å². The van der Waals surface area contributed by atoms with Gasteiger partial charge in [0.25, 0.3) is 0 Å². The number of thioether (sulfide) groups is 1. The van der Waals surface area contributed by atoms with Gasteiger partial charge in [-0.25, -0.2) is 9.89 Å². The molecule has 1 rings (SSSR count). The summed E-state index contributed by atoms with van der Waals surface area (Å²) in [5.41, 5.74) is -0.185. The van der Waals surface area contributed by atoms with Crippen molar-refractivity contribution < 1.29 is 5.11 Å². The first kappa shape index (κ1) is 14.3. The summed E-state index contributed by atoms with van der Waals surface area (Å²) in [7, 11) is 0. The van der Waals surface area contributed by atoms with E-state index in [4.69, 9.17) is 0 Å². The first-order chi connectivity index (χ1) is 8.19. The lowest BCUT2D eigenvalue weighted by atomic mass is 10.4. The highest BCUT2D eigenvalue weighted by Crippen LogP contribution is 2.14. The van der Waals surface area contributed by atoms with Gasteiger partial charge in [-0.2, -0.15) is 0 Å². The smallest absolute Gasteiger partial charge is 0.343 e. The summed E-state index contributed by atoms with van der Waals surface area (Å²) in [5, 5.41) is 19.7. The lowest BCUT2D eigenvalue weighted by molar-refractivity contribution is 0.196. The Morgan fingerprint density at radius 3 is 3.00 bits per heavy atom. The maximum absolute atomic E-state index is 11.4. The number of aliphatic hydroxyl groups is 1. The van der Waals surface area contributed by atoms with Gasteiger partial charge in [0.05, 0.1) is 6.10 Å². The van der Waals surface area contributed by atoms with Gasteiger partial charge in [0.1, 0.15) is 0 Å². The van der Waals surface area contributed by atoms with Crippen LogP contribution in [0.15, 0.2) is 9.95 Å². The van der Waals surface area contributed by atoms with E-state index in [1.807, 2.05) is 13.8 Å². The normalized spacial score (nSPS) is 12.9. The molecule has 3 N–H and O–H groups in total. The minimum Gasteiger partial charge on any atom is -0.391 e. The molecule has 98 valence electrons. The van der Waals surface area contributed by atoms with Crippen LogP contribution in [-0.4, -0.2) is 44.8 Å². The summed E-state index contributed by atoms with van der Waals surface area (Å²) in [6, 6.07) is 0. The average molecular weight is 260 g/mol. The molecule has 0 saturated carbocycles. The molecule has 0 spiro atoms. The SMILES string of the molecule is CCCn1c(SCC(O)CNCC)n[nH]c1=O. The van der Waals surface area contributed by atoms with Gasteiger partial charge in [-0.05, 0) is 13.0 Å². The maximum Gasteiger partial charge on any atom is 0.343 e. The summed E-state index contributed by atoms with van der Waals surface area (Å²) in [6.45, 7) is 6.05. The van der Waals surface area contributed by atoms with E-state index in [1.165, 1.54) is 11.8 Å². The fourth-order valence-corrected chi connectivity index (χ4v) is 2.27. The van der Waals surface area contributed by atoms with Crippen LogP contribution in [0.3, 0.4) is 0 Å². The van der Waals surface area contributed by atoms with E-state index in [1.54, 1.807) is 4.57 Å². The molecule has 0 fully saturated rings. The van der Waals surface area contributed by atoms with E-state index >= 15 is 0 Å². The van der Waals surface area contributed by atoms with E-state index in [2.05, 4.69) is 15.5 Å². The van der Waals surface area contributed by atoms with Gasteiger partial charge in [-0.1, -0.05) is 25.6 Å². The van der Waals surface area contributed by atoms with Crippen molar-refractivity contribution in [1.29, 1.82) is 0 Å². The number of aromatic nitrogens is 3. The van der Waals surface area contributed by atoms with Crippen LogP contribution in [0.1, 0.15) is 20.3 Å².